The summed E-state index contributed by atoms with van der Waals surface area (Å²) in [7, 11) is 1.61. The predicted octanol–water partition coefficient (Wildman–Crippen LogP) is 0.824. The zero-order chi connectivity index (χ0) is 13.5. The molecule has 0 aliphatic carbocycles. The van der Waals surface area contributed by atoms with Crippen molar-refractivity contribution in [2.75, 3.05) is 39.8 Å². The van der Waals surface area contributed by atoms with Crippen molar-refractivity contribution < 1.29 is 4.74 Å². The maximum absolute atomic E-state index is 8.90. The van der Waals surface area contributed by atoms with Gasteiger partial charge in [0.15, 0.2) is 0 Å². The van der Waals surface area contributed by atoms with E-state index in [9.17, 15) is 0 Å². The van der Waals surface area contributed by atoms with E-state index in [-0.39, 0.29) is 0 Å². The fourth-order valence-electron chi connectivity index (χ4n) is 1.99. The van der Waals surface area contributed by atoms with E-state index in [2.05, 4.69) is 28.1 Å². The molecule has 1 aliphatic rings. The van der Waals surface area contributed by atoms with Crippen LogP contribution in [0, 0.1) is 23.2 Å². The number of ether oxygens (including phenoxy) is 1. The number of hydrogen-bond donors (Lipinski definition) is 1. The van der Waals surface area contributed by atoms with E-state index < -0.39 is 0 Å². The Bertz CT molecular complexity index is 531. The molecule has 98 valence electrons. The highest BCUT2D eigenvalue weighted by Crippen LogP contribution is 2.18. The molecule has 0 spiro atoms. The quantitative estimate of drug-likeness (QED) is 0.795. The fourth-order valence-corrected chi connectivity index (χ4v) is 1.99. The van der Waals surface area contributed by atoms with Crippen LogP contribution in [0.5, 0.6) is 5.75 Å². The van der Waals surface area contributed by atoms with E-state index in [1.165, 1.54) is 0 Å². The van der Waals surface area contributed by atoms with Gasteiger partial charge in [-0.25, -0.2) is 0 Å². The van der Waals surface area contributed by atoms with Crippen LogP contribution in [0.2, 0.25) is 0 Å². The Kier molecular flexibility index (Phi) is 4.80. The lowest BCUT2D eigenvalue weighted by atomic mass is 10.1. The molecular formula is C15H17N3O. The summed E-state index contributed by atoms with van der Waals surface area (Å²) in [5.74, 6) is 6.97. The van der Waals surface area contributed by atoms with Crippen molar-refractivity contribution in [1.29, 1.82) is 5.26 Å². The number of hydrogen-bond acceptors (Lipinski definition) is 4. The molecule has 1 N–H and O–H groups in total. The largest absolute Gasteiger partial charge is 0.495 e. The molecule has 0 atom stereocenters. The van der Waals surface area contributed by atoms with Gasteiger partial charge in [-0.15, -0.1) is 0 Å². The third-order valence-corrected chi connectivity index (χ3v) is 3.06. The van der Waals surface area contributed by atoms with Crippen LogP contribution in [0.15, 0.2) is 18.2 Å². The zero-order valence-corrected chi connectivity index (χ0v) is 11.1. The Morgan fingerprint density at radius 1 is 1.37 bits per heavy atom. The minimum Gasteiger partial charge on any atom is -0.495 e. The van der Waals surface area contributed by atoms with E-state index in [0.29, 0.717) is 11.3 Å². The van der Waals surface area contributed by atoms with Crippen molar-refractivity contribution in [2.24, 2.45) is 0 Å². The Morgan fingerprint density at radius 3 is 2.84 bits per heavy atom. The molecule has 1 saturated heterocycles. The Morgan fingerprint density at radius 2 is 2.16 bits per heavy atom. The second kappa shape index (κ2) is 6.80. The third-order valence-electron chi connectivity index (χ3n) is 3.06. The number of nitriles is 1. The Balaban J connectivity index is 2.07. The van der Waals surface area contributed by atoms with Crippen molar-refractivity contribution in [2.45, 2.75) is 0 Å². The highest BCUT2D eigenvalue weighted by atomic mass is 16.5. The van der Waals surface area contributed by atoms with Crippen molar-refractivity contribution in [3.63, 3.8) is 0 Å². The first-order valence-electron chi connectivity index (χ1n) is 6.33. The van der Waals surface area contributed by atoms with Gasteiger partial charge in [-0.1, -0.05) is 11.8 Å². The van der Waals surface area contributed by atoms with Gasteiger partial charge < -0.3 is 10.1 Å². The van der Waals surface area contributed by atoms with Gasteiger partial charge in [-0.2, -0.15) is 5.26 Å². The fraction of sp³-hybridized carbons (Fsp3) is 0.400. The first-order chi connectivity index (χ1) is 9.33. The molecule has 4 heteroatoms. The topological polar surface area (TPSA) is 48.3 Å². The van der Waals surface area contributed by atoms with Crippen molar-refractivity contribution in [1.82, 2.24) is 10.2 Å². The summed E-state index contributed by atoms with van der Waals surface area (Å²) in [4.78, 5) is 2.31. The van der Waals surface area contributed by atoms with Gasteiger partial charge in [0.05, 0.1) is 30.9 Å². The van der Waals surface area contributed by atoms with Crippen LogP contribution in [0.3, 0.4) is 0 Å². The van der Waals surface area contributed by atoms with Gasteiger partial charge in [0.2, 0.25) is 0 Å². The van der Waals surface area contributed by atoms with Gasteiger partial charge in [0, 0.05) is 26.2 Å². The summed E-state index contributed by atoms with van der Waals surface area (Å²) >= 11 is 0. The first kappa shape index (κ1) is 13.4. The van der Waals surface area contributed by atoms with Gasteiger partial charge in [0.1, 0.15) is 5.75 Å². The molecule has 0 amide bonds. The predicted molar refractivity (Wildman–Crippen MR) is 73.9 cm³/mol. The van der Waals surface area contributed by atoms with Gasteiger partial charge >= 0.3 is 0 Å². The van der Waals surface area contributed by atoms with Crippen molar-refractivity contribution in [3.05, 3.63) is 29.3 Å². The highest BCUT2D eigenvalue weighted by Gasteiger charge is 2.07. The normalized spacial score (nSPS) is 15.2. The summed E-state index contributed by atoms with van der Waals surface area (Å²) in [6.07, 6.45) is 0. The molecule has 1 heterocycles. The minimum absolute atomic E-state index is 0.604. The lowest BCUT2D eigenvalue weighted by molar-refractivity contribution is 0.268. The van der Waals surface area contributed by atoms with Gasteiger partial charge in [-0.3, -0.25) is 4.90 Å². The first-order valence-corrected chi connectivity index (χ1v) is 6.33. The number of nitrogens with zero attached hydrogens (tertiary/aromatic N) is 2. The molecule has 19 heavy (non-hydrogen) atoms. The average molecular weight is 255 g/mol. The molecule has 1 fully saturated rings. The molecule has 1 aliphatic heterocycles. The molecule has 1 aromatic rings. The molecule has 0 saturated carbocycles. The van der Waals surface area contributed by atoms with Crippen LogP contribution in [-0.4, -0.2) is 44.7 Å². The van der Waals surface area contributed by atoms with Crippen LogP contribution in [-0.2, 0) is 0 Å². The smallest absolute Gasteiger partial charge is 0.134 e. The molecular weight excluding hydrogens is 238 g/mol. The van der Waals surface area contributed by atoms with E-state index in [1.807, 2.05) is 0 Å². The van der Waals surface area contributed by atoms with Crippen LogP contribution in [0.4, 0.5) is 0 Å². The molecule has 0 radical (unpaired) electrons. The van der Waals surface area contributed by atoms with Crippen LogP contribution >= 0.6 is 0 Å². The summed E-state index contributed by atoms with van der Waals surface area (Å²) < 4.78 is 5.25. The Hall–Kier alpha value is -2.01. The molecule has 0 aromatic heterocycles. The van der Waals surface area contributed by atoms with E-state index in [4.69, 9.17) is 10.00 Å². The number of piperazine rings is 1. The van der Waals surface area contributed by atoms with Crippen LogP contribution in [0.1, 0.15) is 11.1 Å². The van der Waals surface area contributed by atoms with E-state index >= 15 is 0 Å². The lowest BCUT2D eigenvalue weighted by Crippen LogP contribution is -2.43. The molecule has 2 rings (SSSR count). The summed E-state index contributed by atoms with van der Waals surface area (Å²) in [6.45, 7) is 4.86. The standard InChI is InChI=1S/C15H17N3O/c1-19-15-5-4-13(12-16)11-14(15)3-2-8-18-9-6-17-7-10-18/h4-5,11,17H,6-10H2,1H3. The summed E-state index contributed by atoms with van der Waals surface area (Å²) in [6, 6.07) is 7.41. The van der Waals surface area contributed by atoms with Crippen LogP contribution in [0.25, 0.3) is 0 Å². The van der Waals surface area contributed by atoms with E-state index in [1.54, 1.807) is 25.3 Å². The Labute approximate surface area is 114 Å². The monoisotopic (exact) mass is 255 g/mol. The maximum Gasteiger partial charge on any atom is 0.134 e. The molecule has 4 nitrogen and oxygen atoms in total. The number of rotatable bonds is 2. The molecule has 1 aromatic carbocycles. The second-order valence-corrected chi connectivity index (χ2v) is 4.35. The average Bonchev–Trinajstić information content (AvgIpc) is 2.48. The number of methoxy groups -OCH3 is 1. The minimum atomic E-state index is 0.604. The number of nitrogens with one attached hydrogen (secondary N) is 1. The second-order valence-electron chi connectivity index (χ2n) is 4.35. The van der Waals surface area contributed by atoms with Crippen LogP contribution < -0.4 is 10.1 Å². The zero-order valence-electron chi connectivity index (χ0n) is 11.1. The highest BCUT2D eigenvalue weighted by molar-refractivity contribution is 5.50. The third kappa shape index (κ3) is 3.72. The van der Waals surface area contributed by atoms with Crippen molar-refractivity contribution in [3.8, 4) is 23.7 Å². The van der Waals surface area contributed by atoms with Gasteiger partial charge in [-0.05, 0) is 18.2 Å². The lowest BCUT2D eigenvalue weighted by Gasteiger charge is -2.24. The molecule has 0 bridgehead atoms. The van der Waals surface area contributed by atoms with Crippen molar-refractivity contribution >= 4 is 0 Å². The summed E-state index contributed by atoms with van der Waals surface area (Å²) in [5.41, 5.74) is 1.38. The van der Waals surface area contributed by atoms with E-state index in [0.717, 1.165) is 38.3 Å². The maximum atomic E-state index is 8.90. The number of benzene rings is 1. The molecule has 0 unspecified atom stereocenters. The van der Waals surface area contributed by atoms with Gasteiger partial charge in [0.25, 0.3) is 0 Å². The summed E-state index contributed by atoms with van der Waals surface area (Å²) in [5, 5.41) is 12.2. The SMILES string of the molecule is COc1ccc(C#N)cc1C#CCN1CCNCC1.